The number of halogens is 1. The molecule has 17 heavy (non-hydrogen) atoms. The molecule has 0 unspecified atom stereocenters. The van der Waals surface area contributed by atoms with Crippen molar-refractivity contribution in [3.05, 3.63) is 41.7 Å². The zero-order valence-electron chi connectivity index (χ0n) is 9.18. The number of hydrogen-bond acceptors (Lipinski definition) is 2. The van der Waals surface area contributed by atoms with E-state index in [1.54, 1.807) is 12.1 Å². The van der Waals surface area contributed by atoms with Crippen LogP contribution in [-0.4, -0.2) is 11.0 Å². The summed E-state index contributed by atoms with van der Waals surface area (Å²) in [5.41, 5.74) is 7.90. The molecule has 3 nitrogen and oxygen atoms in total. The summed E-state index contributed by atoms with van der Waals surface area (Å²) in [6, 6.07) is 6.54. The summed E-state index contributed by atoms with van der Waals surface area (Å²) in [4.78, 5) is 0. The molecule has 0 spiro atoms. The van der Waals surface area contributed by atoms with Crippen LogP contribution in [0.4, 0.5) is 4.39 Å². The first-order chi connectivity index (χ1) is 8.20. The molecule has 1 saturated carbocycles. The number of amidine groups is 1. The van der Waals surface area contributed by atoms with Gasteiger partial charge in [0.05, 0.1) is 0 Å². The lowest BCUT2D eigenvalue weighted by molar-refractivity contribution is 0.316. The fourth-order valence-corrected chi connectivity index (χ4v) is 2.81. The van der Waals surface area contributed by atoms with Crippen molar-refractivity contribution in [1.82, 2.24) is 0 Å². The Balaban J connectivity index is 1.78. The second-order valence-corrected chi connectivity index (χ2v) is 4.69. The predicted octanol–water partition coefficient (Wildman–Crippen LogP) is 2.22. The molecule has 0 bridgehead atoms. The molecule has 88 valence electrons. The monoisotopic (exact) mass is 232 g/mol. The molecule has 3 rings (SSSR count). The van der Waals surface area contributed by atoms with E-state index in [0.717, 1.165) is 12.0 Å². The molecule has 1 aromatic rings. The fraction of sp³-hybridized carbons (Fsp3) is 0.308. The average molecular weight is 232 g/mol. The van der Waals surface area contributed by atoms with Gasteiger partial charge in [-0.3, -0.25) is 0 Å². The van der Waals surface area contributed by atoms with Crippen LogP contribution in [0.15, 0.2) is 35.5 Å². The maximum Gasteiger partial charge on any atom is 0.143 e. The van der Waals surface area contributed by atoms with Crippen LogP contribution in [0.3, 0.4) is 0 Å². The van der Waals surface area contributed by atoms with E-state index in [9.17, 15) is 4.39 Å². The number of hydrogen-bond donors (Lipinski definition) is 2. The van der Waals surface area contributed by atoms with Gasteiger partial charge in [-0.2, -0.15) is 0 Å². The topological polar surface area (TPSA) is 58.6 Å². The molecule has 0 amide bonds. The predicted molar refractivity (Wildman–Crippen MR) is 62.9 cm³/mol. The Morgan fingerprint density at radius 3 is 2.59 bits per heavy atom. The van der Waals surface area contributed by atoms with E-state index in [-0.39, 0.29) is 11.7 Å². The number of benzene rings is 1. The third-order valence-corrected chi connectivity index (χ3v) is 3.75. The number of fused-ring (bicyclic) bond motifs is 1. The summed E-state index contributed by atoms with van der Waals surface area (Å²) in [6.07, 6.45) is 3.10. The zero-order valence-corrected chi connectivity index (χ0v) is 9.18. The number of oxime groups is 1. The molecule has 0 radical (unpaired) electrons. The maximum atomic E-state index is 12.8. The standard InChI is InChI=1S/C13H13FN2O/c14-9-3-1-7(2-4-9)8-5-10-11(6-8)12(10)13(15)16-17/h1-5,10-12,17H,6H2,(H2,15,16)/t10-,11+,12+/m0/s1. The Morgan fingerprint density at radius 1 is 1.35 bits per heavy atom. The first kappa shape index (κ1) is 10.3. The van der Waals surface area contributed by atoms with Crippen LogP contribution in [0.1, 0.15) is 12.0 Å². The molecule has 1 aromatic carbocycles. The highest BCUT2D eigenvalue weighted by Gasteiger charge is 2.54. The lowest BCUT2D eigenvalue weighted by Gasteiger charge is -2.06. The molecule has 0 saturated heterocycles. The van der Waals surface area contributed by atoms with Gasteiger partial charge in [0.15, 0.2) is 0 Å². The minimum absolute atomic E-state index is 0.198. The van der Waals surface area contributed by atoms with Crippen LogP contribution < -0.4 is 5.73 Å². The van der Waals surface area contributed by atoms with Crippen molar-refractivity contribution < 1.29 is 9.60 Å². The number of nitrogens with two attached hydrogens (primary N) is 1. The molecule has 3 atom stereocenters. The van der Waals surface area contributed by atoms with Gasteiger partial charge in [-0.25, -0.2) is 4.39 Å². The number of nitrogens with zero attached hydrogens (tertiary/aromatic N) is 1. The minimum Gasteiger partial charge on any atom is -0.409 e. The van der Waals surface area contributed by atoms with Crippen molar-refractivity contribution >= 4 is 11.4 Å². The molecule has 2 aliphatic rings. The number of allylic oxidation sites excluding steroid dienone is 2. The first-order valence-electron chi connectivity index (χ1n) is 5.65. The van der Waals surface area contributed by atoms with Gasteiger partial charge in [-0.05, 0) is 41.5 Å². The van der Waals surface area contributed by atoms with Crippen molar-refractivity contribution in [2.75, 3.05) is 0 Å². The Kier molecular flexibility index (Phi) is 2.18. The molecular formula is C13H13FN2O. The third-order valence-electron chi connectivity index (χ3n) is 3.75. The quantitative estimate of drug-likeness (QED) is 0.355. The van der Waals surface area contributed by atoms with Gasteiger partial charge < -0.3 is 10.9 Å². The summed E-state index contributed by atoms with van der Waals surface area (Å²) in [7, 11) is 0. The number of rotatable bonds is 2. The lowest BCUT2D eigenvalue weighted by Crippen LogP contribution is -2.16. The zero-order chi connectivity index (χ0) is 12.0. The summed E-state index contributed by atoms with van der Waals surface area (Å²) < 4.78 is 12.8. The van der Waals surface area contributed by atoms with Crippen LogP contribution in [0.25, 0.3) is 5.57 Å². The minimum atomic E-state index is -0.216. The lowest BCUT2D eigenvalue weighted by atomic mass is 10.0. The van der Waals surface area contributed by atoms with E-state index in [0.29, 0.717) is 17.7 Å². The van der Waals surface area contributed by atoms with Gasteiger partial charge in [0.25, 0.3) is 0 Å². The van der Waals surface area contributed by atoms with Gasteiger partial charge in [0.2, 0.25) is 0 Å². The SMILES string of the molecule is NC(=NO)[C@@H]1[C@H]2C=C(c3ccc(F)cc3)C[C@H]21. The van der Waals surface area contributed by atoms with Crippen LogP contribution in [0, 0.1) is 23.6 Å². The molecule has 0 heterocycles. The van der Waals surface area contributed by atoms with Crippen LogP contribution >= 0.6 is 0 Å². The van der Waals surface area contributed by atoms with E-state index in [1.165, 1.54) is 17.7 Å². The summed E-state index contributed by atoms with van der Waals surface area (Å²) in [5.74, 6) is 1.17. The van der Waals surface area contributed by atoms with Gasteiger partial charge in [0.1, 0.15) is 11.7 Å². The Morgan fingerprint density at radius 2 is 2.06 bits per heavy atom. The molecule has 4 heteroatoms. The largest absolute Gasteiger partial charge is 0.409 e. The van der Waals surface area contributed by atoms with Crippen molar-refractivity contribution in [2.45, 2.75) is 6.42 Å². The van der Waals surface area contributed by atoms with E-state index in [4.69, 9.17) is 10.9 Å². The normalized spacial score (nSPS) is 31.0. The fourth-order valence-electron chi connectivity index (χ4n) is 2.81. The molecule has 1 fully saturated rings. The second kappa shape index (κ2) is 3.58. The van der Waals surface area contributed by atoms with Crippen molar-refractivity contribution in [1.29, 1.82) is 0 Å². The molecule has 0 aliphatic heterocycles. The van der Waals surface area contributed by atoms with Crippen LogP contribution in [0.5, 0.6) is 0 Å². The summed E-state index contributed by atoms with van der Waals surface area (Å²) in [6.45, 7) is 0. The van der Waals surface area contributed by atoms with Crippen molar-refractivity contribution in [2.24, 2.45) is 28.6 Å². The first-order valence-corrected chi connectivity index (χ1v) is 5.65. The molecular weight excluding hydrogens is 219 g/mol. The molecule has 2 aliphatic carbocycles. The highest BCUT2D eigenvalue weighted by Crippen LogP contribution is 2.58. The van der Waals surface area contributed by atoms with Gasteiger partial charge >= 0.3 is 0 Å². The molecule has 3 N–H and O–H groups in total. The summed E-state index contributed by atoms with van der Waals surface area (Å²) in [5, 5.41) is 11.7. The molecule has 0 aromatic heterocycles. The summed E-state index contributed by atoms with van der Waals surface area (Å²) >= 11 is 0. The Hall–Kier alpha value is -1.84. The van der Waals surface area contributed by atoms with E-state index < -0.39 is 0 Å². The highest BCUT2D eigenvalue weighted by atomic mass is 19.1. The van der Waals surface area contributed by atoms with Gasteiger partial charge in [0, 0.05) is 5.92 Å². The Bertz CT molecular complexity index is 507. The smallest absolute Gasteiger partial charge is 0.143 e. The third kappa shape index (κ3) is 1.60. The maximum absolute atomic E-state index is 12.8. The van der Waals surface area contributed by atoms with Gasteiger partial charge in [-0.1, -0.05) is 23.4 Å². The van der Waals surface area contributed by atoms with E-state index in [1.807, 2.05) is 0 Å². The second-order valence-electron chi connectivity index (χ2n) is 4.69. The van der Waals surface area contributed by atoms with Crippen LogP contribution in [-0.2, 0) is 0 Å². The Labute approximate surface area is 98.4 Å². The van der Waals surface area contributed by atoms with Crippen molar-refractivity contribution in [3.8, 4) is 0 Å². The van der Waals surface area contributed by atoms with Crippen LogP contribution in [0.2, 0.25) is 0 Å². The van der Waals surface area contributed by atoms with Crippen molar-refractivity contribution in [3.63, 3.8) is 0 Å². The average Bonchev–Trinajstić information content (AvgIpc) is 2.84. The highest BCUT2D eigenvalue weighted by molar-refractivity contribution is 5.88. The van der Waals surface area contributed by atoms with E-state index in [2.05, 4.69) is 11.2 Å². The van der Waals surface area contributed by atoms with E-state index >= 15 is 0 Å². The van der Waals surface area contributed by atoms with Gasteiger partial charge in [-0.15, -0.1) is 0 Å².